The van der Waals surface area contributed by atoms with Crippen LogP contribution in [0.1, 0.15) is 54.7 Å². The van der Waals surface area contributed by atoms with E-state index in [0.29, 0.717) is 46.7 Å². The summed E-state index contributed by atoms with van der Waals surface area (Å²) in [5.74, 6) is -0.264. The van der Waals surface area contributed by atoms with E-state index in [1.807, 2.05) is 6.07 Å². The van der Waals surface area contributed by atoms with Crippen LogP contribution in [-0.4, -0.2) is 50.1 Å². The number of aromatic nitrogens is 5. The van der Waals surface area contributed by atoms with E-state index < -0.39 is 5.41 Å². The molecular weight excluding hydrogens is 475 g/mol. The number of carbonyl (C=O) groups is 2. The van der Waals surface area contributed by atoms with Crippen molar-refractivity contribution in [3.63, 3.8) is 0 Å². The number of fused-ring (bicyclic) bond motifs is 2. The Morgan fingerprint density at radius 2 is 1.95 bits per heavy atom. The van der Waals surface area contributed by atoms with Gasteiger partial charge in [0.25, 0.3) is 0 Å². The molecule has 4 heterocycles. The van der Waals surface area contributed by atoms with Crippen molar-refractivity contribution in [2.45, 2.75) is 45.1 Å². The van der Waals surface area contributed by atoms with Crippen LogP contribution in [0.25, 0.3) is 22.6 Å². The van der Waals surface area contributed by atoms with E-state index in [2.05, 4.69) is 25.4 Å². The third-order valence-electron chi connectivity index (χ3n) is 6.60. The molecule has 0 fully saturated rings. The van der Waals surface area contributed by atoms with Crippen LogP contribution in [0, 0.1) is 5.82 Å². The number of rotatable bonds is 9. The van der Waals surface area contributed by atoms with E-state index in [-0.39, 0.29) is 42.0 Å². The molecule has 0 bridgehead atoms. The molecule has 1 aliphatic heterocycles. The standard InChI is InChI=1S/C27H27FN6O3/c1-27(2)20-22(19(35)12-6-7-14-37-3)30-24(31-23(20)32-26(27)36)21-17-10-8-13-29-25(17)34(33-21)15-16-9-4-5-11-18(16)28/h4-5,8-11,13H,6-7,12,14-15H2,1-3H3,(H,30,31,32,36). The first-order chi connectivity index (χ1) is 17.8. The third kappa shape index (κ3) is 4.48. The van der Waals surface area contributed by atoms with Crippen LogP contribution in [0.5, 0.6) is 0 Å². The zero-order valence-electron chi connectivity index (χ0n) is 20.9. The lowest BCUT2D eigenvalue weighted by atomic mass is 9.84. The lowest BCUT2D eigenvalue weighted by molar-refractivity contribution is -0.119. The number of benzene rings is 1. The van der Waals surface area contributed by atoms with E-state index in [1.54, 1.807) is 56.1 Å². The Kier molecular flexibility index (Phi) is 6.51. The second-order valence-electron chi connectivity index (χ2n) is 9.54. The molecular formula is C27H27FN6O3. The number of methoxy groups -OCH3 is 1. The number of amides is 1. The molecule has 1 amide bonds. The van der Waals surface area contributed by atoms with Gasteiger partial charge < -0.3 is 10.1 Å². The van der Waals surface area contributed by atoms with Crippen LogP contribution >= 0.6 is 0 Å². The number of anilines is 1. The van der Waals surface area contributed by atoms with Gasteiger partial charge in [0.15, 0.2) is 17.3 Å². The maximum Gasteiger partial charge on any atom is 0.235 e. The molecule has 0 aliphatic carbocycles. The van der Waals surface area contributed by atoms with Gasteiger partial charge >= 0.3 is 0 Å². The number of halogens is 1. The first-order valence-corrected chi connectivity index (χ1v) is 12.1. The van der Waals surface area contributed by atoms with Crippen LogP contribution in [0.15, 0.2) is 42.6 Å². The summed E-state index contributed by atoms with van der Waals surface area (Å²) in [4.78, 5) is 39.8. The van der Waals surface area contributed by atoms with Gasteiger partial charge in [0, 0.05) is 37.5 Å². The fourth-order valence-electron chi connectivity index (χ4n) is 4.55. The van der Waals surface area contributed by atoms with Crippen LogP contribution in [0.2, 0.25) is 0 Å². The van der Waals surface area contributed by atoms with Crippen molar-refractivity contribution >= 4 is 28.5 Å². The summed E-state index contributed by atoms with van der Waals surface area (Å²) in [6.45, 7) is 4.22. The zero-order chi connectivity index (χ0) is 26.2. The van der Waals surface area contributed by atoms with Crippen molar-refractivity contribution in [3.8, 4) is 11.5 Å². The molecule has 0 saturated heterocycles. The lowest BCUT2D eigenvalue weighted by Gasteiger charge is -2.17. The first kappa shape index (κ1) is 24.6. The SMILES string of the molecule is COCCCCC(=O)c1nc(-c2nn(Cc3ccccc3F)c3ncccc23)nc2c1C(C)(C)C(=O)N2. The van der Waals surface area contributed by atoms with Gasteiger partial charge in [-0.05, 0) is 44.9 Å². The number of nitrogens with zero attached hydrogens (tertiary/aromatic N) is 5. The molecule has 10 heteroatoms. The third-order valence-corrected chi connectivity index (χ3v) is 6.60. The second-order valence-corrected chi connectivity index (χ2v) is 9.54. The Balaban J connectivity index is 1.62. The number of carbonyl (C=O) groups excluding carboxylic acids is 2. The summed E-state index contributed by atoms with van der Waals surface area (Å²) < 4.78 is 21.1. The summed E-state index contributed by atoms with van der Waals surface area (Å²) in [5, 5.41) is 8.15. The van der Waals surface area contributed by atoms with Crippen LogP contribution in [0.3, 0.4) is 0 Å². The van der Waals surface area contributed by atoms with Crippen LogP contribution in [0.4, 0.5) is 10.2 Å². The van der Waals surface area contributed by atoms with Crippen molar-refractivity contribution in [2.24, 2.45) is 0 Å². The topological polar surface area (TPSA) is 112 Å². The van der Waals surface area contributed by atoms with E-state index in [0.717, 1.165) is 6.42 Å². The van der Waals surface area contributed by atoms with Crippen molar-refractivity contribution in [2.75, 3.05) is 19.0 Å². The minimum atomic E-state index is -0.959. The molecule has 0 spiro atoms. The van der Waals surface area contributed by atoms with E-state index in [4.69, 9.17) is 4.74 Å². The Bertz CT molecular complexity index is 1510. The monoisotopic (exact) mass is 502 g/mol. The number of unbranched alkanes of at least 4 members (excludes halogenated alkanes) is 1. The molecule has 4 aromatic rings. The summed E-state index contributed by atoms with van der Waals surface area (Å²) in [6, 6.07) is 10.1. The molecule has 5 rings (SSSR count). The highest BCUT2D eigenvalue weighted by Gasteiger charge is 2.44. The number of hydrogen-bond acceptors (Lipinski definition) is 7. The first-order valence-electron chi connectivity index (χ1n) is 12.1. The Morgan fingerprint density at radius 3 is 2.73 bits per heavy atom. The minimum Gasteiger partial charge on any atom is -0.385 e. The molecule has 0 atom stereocenters. The molecule has 190 valence electrons. The number of nitrogens with one attached hydrogen (secondary N) is 1. The molecule has 1 N–H and O–H groups in total. The van der Waals surface area contributed by atoms with Crippen LogP contribution in [-0.2, 0) is 21.5 Å². The van der Waals surface area contributed by atoms with E-state index in [9.17, 15) is 14.0 Å². The van der Waals surface area contributed by atoms with Gasteiger partial charge in [-0.25, -0.2) is 24.0 Å². The Labute approximate surface area is 213 Å². The highest BCUT2D eigenvalue weighted by molar-refractivity contribution is 6.09. The molecule has 0 unspecified atom stereocenters. The van der Waals surface area contributed by atoms with Crippen molar-refractivity contribution in [1.82, 2.24) is 24.7 Å². The van der Waals surface area contributed by atoms with Crippen molar-refractivity contribution in [1.29, 1.82) is 0 Å². The fourth-order valence-corrected chi connectivity index (χ4v) is 4.55. The van der Waals surface area contributed by atoms with Gasteiger partial charge in [-0.1, -0.05) is 18.2 Å². The maximum atomic E-state index is 14.4. The largest absolute Gasteiger partial charge is 0.385 e. The van der Waals surface area contributed by atoms with Crippen molar-refractivity contribution < 1.29 is 18.7 Å². The Morgan fingerprint density at radius 1 is 1.14 bits per heavy atom. The van der Waals surface area contributed by atoms with E-state index in [1.165, 1.54) is 6.07 Å². The van der Waals surface area contributed by atoms with Crippen molar-refractivity contribution in [3.05, 3.63) is 65.2 Å². The number of hydrogen-bond donors (Lipinski definition) is 1. The van der Waals surface area contributed by atoms with Gasteiger partial charge in [-0.3, -0.25) is 9.59 Å². The minimum absolute atomic E-state index is 0.153. The van der Waals surface area contributed by atoms with Gasteiger partial charge in [0.1, 0.15) is 23.0 Å². The zero-order valence-corrected chi connectivity index (χ0v) is 20.9. The predicted octanol–water partition coefficient (Wildman–Crippen LogP) is 4.30. The average molecular weight is 503 g/mol. The van der Waals surface area contributed by atoms with Gasteiger partial charge in [-0.15, -0.1) is 0 Å². The molecule has 9 nitrogen and oxygen atoms in total. The predicted molar refractivity (Wildman–Crippen MR) is 136 cm³/mol. The summed E-state index contributed by atoms with van der Waals surface area (Å²) in [5.41, 5.74) is 1.13. The second kappa shape index (κ2) is 9.78. The quantitative estimate of drug-likeness (QED) is 0.268. The number of ether oxygens (including phenoxy) is 1. The Hall–Kier alpha value is -4.05. The molecule has 0 radical (unpaired) electrons. The number of pyridine rings is 1. The summed E-state index contributed by atoms with van der Waals surface area (Å²) >= 11 is 0. The number of ketones is 1. The van der Waals surface area contributed by atoms with Gasteiger partial charge in [0.05, 0.1) is 17.3 Å². The fraction of sp³-hybridized carbons (Fsp3) is 0.333. The summed E-state index contributed by atoms with van der Waals surface area (Å²) in [6.07, 6.45) is 3.26. The highest BCUT2D eigenvalue weighted by atomic mass is 19.1. The van der Waals surface area contributed by atoms with Gasteiger partial charge in [-0.2, -0.15) is 5.10 Å². The smallest absolute Gasteiger partial charge is 0.235 e. The molecule has 0 saturated carbocycles. The number of Topliss-reactive ketones (excluding diaryl/α,β-unsaturated/α-hetero) is 1. The maximum absolute atomic E-state index is 14.4. The lowest BCUT2D eigenvalue weighted by Crippen LogP contribution is -2.28. The molecule has 1 aliphatic rings. The molecule has 1 aromatic carbocycles. The molecule has 3 aromatic heterocycles. The average Bonchev–Trinajstić information content (AvgIpc) is 3.36. The normalized spacial score (nSPS) is 14.1. The summed E-state index contributed by atoms with van der Waals surface area (Å²) in [7, 11) is 1.62. The van der Waals surface area contributed by atoms with Crippen LogP contribution < -0.4 is 5.32 Å². The van der Waals surface area contributed by atoms with E-state index >= 15 is 0 Å². The molecule has 37 heavy (non-hydrogen) atoms. The highest BCUT2D eigenvalue weighted by Crippen LogP contribution is 2.40. The van der Waals surface area contributed by atoms with Gasteiger partial charge in [0.2, 0.25) is 5.91 Å².